The molecule has 2 aliphatic heterocycles. The zero-order valence-corrected chi connectivity index (χ0v) is 33.4. The highest BCUT2D eigenvalue weighted by Crippen LogP contribution is 2.40. The fraction of sp³-hybridized carbons (Fsp3) is 0.319. The van der Waals surface area contributed by atoms with E-state index in [0.29, 0.717) is 66.2 Å². The first-order valence-electron chi connectivity index (χ1n) is 20.9. The Balaban J connectivity index is 0.772. The molecule has 0 spiro atoms. The van der Waals surface area contributed by atoms with E-state index in [1.807, 2.05) is 102 Å². The Morgan fingerprint density at radius 3 is 1.67 bits per heavy atom. The number of hydrogen-bond donors (Lipinski definition) is 4. The van der Waals surface area contributed by atoms with Gasteiger partial charge in [-0.05, 0) is 140 Å². The molecule has 2 aliphatic carbocycles. The maximum absolute atomic E-state index is 13.9. The van der Waals surface area contributed by atoms with Crippen molar-refractivity contribution in [1.82, 2.24) is 30.2 Å². The molecule has 61 heavy (non-hydrogen) atoms. The number of aliphatic hydroxyl groups excluding tert-OH is 2. The van der Waals surface area contributed by atoms with Crippen molar-refractivity contribution in [2.75, 3.05) is 13.6 Å². The number of fused-ring (bicyclic) bond motifs is 2. The van der Waals surface area contributed by atoms with Gasteiger partial charge in [-0.2, -0.15) is 10.2 Å². The van der Waals surface area contributed by atoms with E-state index in [-0.39, 0.29) is 37.4 Å². The topological polar surface area (TPSA) is 171 Å². The largest absolute Gasteiger partial charge is 0.454 e. The van der Waals surface area contributed by atoms with Crippen LogP contribution in [0.4, 0.5) is 0 Å². The summed E-state index contributed by atoms with van der Waals surface area (Å²) in [5.41, 5.74) is 7.71. The summed E-state index contributed by atoms with van der Waals surface area (Å²) in [7, 11) is 0. The first kappa shape index (κ1) is 38.6. The number of nitrogens with zero attached hydrogens (tertiary/aromatic N) is 4. The van der Waals surface area contributed by atoms with Crippen LogP contribution in [0.15, 0.2) is 104 Å². The highest BCUT2D eigenvalue weighted by Gasteiger charge is 2.33. The molecule has 14 nitrogen and oxygen atoms in total. The van der Waals surface area contributed by atoms with Crippen LogP contribution in [0.1, 0.15) is 93.0 Å². The van der Waals surface area contributed by atoms with Crippen molar-refractivity contribution in [2.24, 2.45) is 0 Å². The third-order valence-electron chi connectivity index (χ3n) is 12.3. The lowest BCUT2D eigenvalue weighted by atomic mass is 9.89. The fourth-order valence-corrected chi connectivity index (χ4v) is 8.73. The molecule has 2 amide bonds. The van der Waals surface area contributed by atoms with E-state index >= 15 is 0 Å². The van der Waals surface area contributed by atoms with Gasteiger partial charge in [-0.3, -0.25) is 9.59 Å². The number of aliphatic hydroxyl groups is 2. The SMILES string of the molecule is O=C(N[C@H]1CCC1O)c1cc(Cc2ccc(-n3cc(C4CC[C@H](NC(=O)c5cc(Cc6ccc(-n7cccn7)cc6)cc6c5OCO6)[C@@H](O)CC4)cn3)cc2)cc2c1OCO2. The van der Waals surface area contributed by atoms with E-state index in [9.17, 15) is 19.8 Å². The first-order chi connectivity index (χ1) is 29.8. The molecule has 4 aliphatic rings. The van der Waals surface area contributed by atoms with Crippen LogP contribution in [0, 0.1) is 0 Å². The van der Waals surface area contributed by atoms with Gasteiger partial charge in [0.2, 0.25) is 13.6 Å². The minimum Gasteiger partial charge on any atom is -0.454 e. The summed E-state index contributed by atoms with van der Waals surface area (Å²) in [6.07, 6.45) is 11.6. The van der Waals surface area contributed by atoms with Crippen molar-refractivity contribution in [1.29, 1.82) is 0 Å². The molecular formula is C47H46N6O8. The van der Waals surface area contributed by atoms with Gasteiger partial charge in [0.05, 0.1) is 53.0 Å². The Bertz CT molecular complexity index is 2560. The fourth-order valence-electron chi connectivity index (χ4n) is 8.73. The third-order valence-corrected chi connectivity index (χ3v) is 12.3. The van der Waals surface area contributed by atoms with E-state index in [1.165, 1.54) is 0 Å². The Morgan fingerprint density at radius 1 is 0.623 bits per heavy atom. The van der Waals surface area contributed by atoms with E-state index in [4.69, 9.17) is 24.0 Å². The van der Waals surface area contributed by atoms with Gasteiger partial charge in [0, 0.05) is 18.6 Å². The second kappa shape index (κ2) is 16.4. The molecule has 2 fully saturated rings. The number of carbonyl (C=O) groups is 2. The van der Waals surface area contributed by atoms with Gasteiger partial charge < -0.3 is 39.8 Å². The number of benzene rings is 4. The first-order valence-corrected chi connectivity index (χ1v) is 20.9. The van der Waals surface area contributed by atoms with Crippen molar-refractivity contribution in [3.05, 3.63) is 143 Å². The molecule has 0 radical (unpaired) electrons. The van der Waals surface area contributed by atoms with Gasteiger partial charge in [0.15, 0.2) is 23.0 Å². The summed E-state index contributed by atoms with van der Waals surface area (Å²) in [6.45, 7) is 0.0964. The Hall–Kier alpha value is -6.64. The Labute approximate surface area is 352 Å². The summed E-state index contributed by atoms with van der Waals surface area (Å²) in [5, 5.41) is 36.3. The molecule has 5 atom stereocenters. The lowest BCUT2D eigenvalue weighted by Gasteiger charge is -2.33. The molecule has 2 aromatic heterocycles. The van der Waals surface area contributed by atoms with Crippen molar-refractivity contribution in [3.8, 4) is 34.4 Å². The lowest BCUT2D eigenvalue weighted by Crippen LogP contribution is -2.50. The number of carbonyl (C=O) groups excluding carboxylic acids is 2. The van der Waals surface area contributed by atoms with Gasteiger partial charge in [-0.15, -0.1) is 0 Å². The van der Waals surface area contributed by atoms with E-state index in [2.05, 4.69) is 15.7 Å². The Kier molecular flexibility index (Phi) is 10.4. The number of ether oxygens (including phenoxy) is 4. The van der Waals surface area contributed by atoms with Crippen molar-refractivity contribution in [3.63, 3.8) is 0 Å². The maximum Gasteiger partial charge on any atom is 0.255 e. The molecule has 4 aromatic carbocycles. The number of rotatable bonds is 11. The summed E-state index contributed by atoms with van der Waals surface area (Å²) >= 11 is 0. The summed E-state index contributed by atoms with van der Waals surface area (Å²) in [5.74, 6) is 1.51. The lowest BCUT2D eigenvalue weighted by molar-refractivity contribution is 0.0446. The zero-order valence-electron chi connectivity index (χ0n) is 33.4. The van der Waals surface area contributed by atoms with E-state index in [1.54, 1.807) is 10.9 Å². The van der Waals surface area contributed by atoms with Crippen molar-refractivity contribution in [2.45, 2.75) is 81.6 Å². The molecule has 2 unspecified atom stereocenters. The zero-order chi connectivity index (χ0) is 41.5. The minimum atomic E-state index is -0.705. The van der Waals surface area contributed by atoms with Crippen LogP contribution in [-0.2, 0) is 12.8 Å². The van der Waals surface area contributed by atoms with Crippen molar-refractivity contribution < 1.29 is 38.7 Å². The molecular weight excluding hydrogens is 777 g/mol. The predicted octanol–water partition coefficient (Wildman–Crippen LogP) is 5.77. The normalized spacial score (nSPS) is 21.4. The van der Waals surface area contributed by atoms with Gasteiger partial charge in [-0.25, -0.2) is 9.36 Å². The van der Waals surface area contributed by atoms with Crippen LogP contribution in [0.5, 0.6) is 23.0 Å². The monoisotopic (exact) mass is 822 g/mol. The molecule has 2 saturated carbocycles. The molecule has 14 heteroatoms. The summed E-state index contributed by atoms with van der Waals surface area (Å²) < 4.78 is 26.4. The van der Waals surface area contributed by atoms with Gasteiger partial charge in [0.1, 0.15) is 0 Å². The predicted molar refractivity (Wildman–Crippen MR) is 223 cm³/mol. The quantitative estimate of drug-likeness (QED) is 0.118. The number of amides is 2. The summed E-state index contributed by atoms with van der Waals surface area (Å²) in [4.78, 5) is 27.0. The number of nitrogens with one attached hydrogen (secondary N) is 2. The van der Waals surface area contributed by atoms with Crippen LogP contribution < -0.4 is 29.6 Å². The average Bonchev–Trinajstić information content (AvgIpc) is 4.12. The third kappa shape index (κ3) is 8.03. The number of hydrogen-bond acceptors (Lipinski definition) is 10. The molecule has 312 valence electrons. The molecule has 0 saturated heterocycles. The standard InChI is InChI=1S/C47H46N6O8/c54-40-14-7-32(6-12-38(40)50-46(56)36-20-30(22-42-44(36)60-26-58-42)18-28-2-8-34(9-3-28)52-17-1-16-48-52)33-24-49-53(25-33)35-10-4-29(5-11-35)19-31-21-37(45-43(23-31)59-27-61-45)47(57)51-39-13-15-41(39)55/h1-5,8-11,16-17,20-25,32,38-41,54-55H,6-7,12-15,18-19,26-27H2,(H,50,56)(H,51,57)/t32?,38-,39-,40-,41?/m0/s1. The second-order valence-corrected chi connectivity index (χ2v) is 16.3. The van der Waals surface area contributed by atoms with Crippen LogP contribution in [0.3, 0.4) is 0 Å². The van der Waals surface area contributed by atoms with Crippen LogP contribution >= 0.6 is 0 Å². The molecule has 0 bridgehead atoms. The summed E-state index contributed by atoms with van der Waals surface area (Å²) in [6, 6.07) is 25.0. The van der Waals surface area contributed by atoms with Crippen molar-refractivity contribution >= 4 is 11.8 Å². The maximum atomic E-state index is 13.9. The minimum absolute atomic E-state index is 0.0419. The van der Waals surface area contributed by atoms with E-state index in [0.717, 1.165) is 58.5 Å². The van der Waals surface area contributed by atoms with Crippen LogP contribution in [0.25, 0.3) is 11.4 Å². The number of aromatic nitrogens is 4. The van der Waals surface area contributed by atoms with Gasteiger partial charge >= 0.3 is 0 Å². The van der Waals surface area contributed by atoms with Crippen LogP contribution in [0.2, 0.25) is 0 Å². The smallest absolute Gasteiger partial charge is 0.255 e. The molecule has 4 heterocycles. The second-order valence-electron chi connectivity index (χ2n) is 16.3. The highest BCUT2D eigenvalue weighted by molar-refractivity contribution is 5.99. The van der Waals surface area contributed by atoms with E-state index < -0.39 is 18.2 Å². The molecule has 6 aromatic rings. The highest BCUT2D eigenvalue weighted by atomic mass is 16.7. The molecule has 4 N–H and O–H groups in total. The average molecular weight is 823 g/mol. The molecule has 10 rings (SSSR count). The van der Waals surface area contributed by atoms with Crippen LogP contribution in [-0.4, -0.2) is 79.5 Å². The van der Waals surface area contributed by atoms with Gasteiger partial charge in [-0.1, -0.05) is 24.3 Å². The van der Waals surface area contributed by atoms with Gasteiger partial charge in [0.25, 0.3) is 11.8 Å². The Morgan fingerprint density at radius 2 is 1.15 bits per heavy atom.